The normalized spacial score (nSPS) is 12.3. The summed E-state index contributed by atoms with van der Waals surface area (Å²) in [5.41, 5.74) is 1.83. The first kappa shape index (κ1) is 22.8. The Labute approximate surface area is 190 Å². The molecule has 2 amide bonds. The van der Waals surface area contributed by atoms with Gasteiger partial charge in [-0.05, 0) is 38.5 Å². The maximum atomic E-state index is 13.0. The van der Waals surface area contributed by atoms with E-state index >= 15 is 0 Å². The number of halogens is 1. The molecule has 0 aliphatic carbocycles. The third-order valence-corrected chi connectivity index (χ3v) is 5.72. The van der Waals surface area contributed by atoms with Gasteiger partial charge in [-0.25, -0.2) is 4.79 Å². The number of amides is 2. The molecule has 1 aromatic carbocycles. The summed E-state index contributed by atoms with van der Waals surface area (Å²) in [6.45, 7) is 5.56. The van der Waals surface area contributed by atoms with Crippen molar-refractivity contribution in [1.82, 2.24) is 20.4 Å². The monoisotopic (exact) mass is 460 g/mol. The van der Waals surface area contributed by atoms with E-state index in [1.54, 1.807) is 37.7 Å². The highest BCUT2D eigenvalue weighted by atomic mass is 35.5. The van der Waals surface area contributed by atoms with Crippen molar-refractivity contribution >= 4 is 34.9 Å². The zero-order chi connectivity index (χ0) is 22.6. The molecule has 3 aromatic rings. The molecule has 0 spiro atoms. The number of carbonyl (C=O) groups is 2. The van der Waals surface area contributed by atoms with Gasteiger partial charge in [-0.15, -0.1) is 11.3 Å². The maximum Gasteiger partial charge on any atom is 0.407 e. The number of nitrogens with zero attached hydrogens (tertiary/aromatic N) is 2. The third kappa shape index (κ3) is 6.08. The molecule has 0 saturated carbocycles. The number of aryl methyl sites for hydroxylation is 1. The SMILES string of the molecule is Cn1nccc1-c1cc(C(=O)NC(CNC(=O)OC(C)(C)C)c2ccccc2)sc1Cl. The van der Waals surface area contributed by atoms with Gasteiger partial charge >= 0.3 is 6.09 Å². The summed E-state index contributed by atoms with van der Waals surface area (Å²) in [6.07, 6.45) is 1.14. The van der Waals surface area contributed by atoms with Crippen molar-refractivity contribution in [3.63, 3.8) is 0 Å². The van der Waals surface area contributed by atoms with Gasteiger partial charge in [0.05, 0.1) is 16.6 Å². The van der Waals surface area contributed by atoms with Crippen LogP contribution in [0.1, 0.15) is 42.0 Å². The van der Waals surface area contributed by atoms with Gasteiger partial charge in [0.15, 0.2) is 0 Å². The molecule has 0 aliphatic heterocycles. The molecule has 0 fully saturated rings. The number of ether oxygens (including phenoxy) is 1. The van der Waals surface area contributed by atoms with E-state index < -0.39 is 17.7 Å². The highest BCUT2D eigenvalue weighted by molar-refractivity contribution is 7.18. The minimum absolute atomic E-state index is 0.179. The van der Waals surface area contributed by atoms with Crippen LogP contribution in [-0.2, 0) is 11.8 Å². The van der Waals surface area contributed by atoms with E-state index in [0.29, 0.717) is 9.21 Å². The van der Waals surface area contributed by atoms with Gasteiger partial charge in [-0.1, -0.05) is 41.9 Å². The molecule has 1 atom stereocenters. The number of aromatic nitrogens is 2. The number of hydrogen-bond donors (Lipinski definition) is 2. The highest BCUT2D eigenvalue weighted by Gasteiger charge is 2.22. The molecule has 9 heteroatoms. The van der Waals surface area contributed by atoms with Crippen LogP contribution in [0.5, 0.6) is 0 Å². The quantitative estimate of drug-likeness (QED) is 0.553. The van der Waals surface area contributed by atoms with Gasteiger partial charge < -0.3 is 15.4 Å². The summed E-state index contributed by atoms with van der Waals surface area (Å²) in [4.78, 5) is 25.6. The molecule has 164 valence electrons. The van der Waals surface area contributed by atoms with Crippen LogP contribution in [0.3, 0.4) is 0 Å². The molecule has 7 nitrogen and oxygen atoms in total. The van der Waals surface area contributed by atoms with Crippen LogP contribution >= 0.6 is 22.9 Å². The van der Waals surface area contributed by atoms with Crippen molar-refractivity contribution in [3.05, 3.63) is 63.4 Å². The Bertz CT molecular complexity index is 1060. The lowest BCUT2D eigenvalue weighted by Gasteiger charge is -2.23. The van der Waals surface area contributed by atoms with Gasteiger partial charge in [0, 0.05) is 25.4 Å². The van der Waals surface area contributed by atoms with E-state index in [0.717, 1.165) is 16.8 Å². The molecule has 2 heterocycles. The second-order valence-corrected chi connectivity index (χ2v) is 9.61. The summed E-state index contributed by atoms with van der Waals surface area (Å²) in [7, 11) is 1.82. The molecule has 2 aromatic heterocycles. The summed E-state index contributed by atoms with van der Waals surface area (Å²) < 4.78 is 7.51. The molecular formula is C22H25ClN4O3S. The van der Waals surface area contributed by atoms with Crippen LogP contribution in [0.2, 0.25) is 4.34 Å². The van der Waals surface area contributed by atoms with Gasteiger partial charge in [0.2, 0.25) is 0 Å². The lowest BCUT2D eigenvalue weighted by atomic mass is 10.1. The van der Waals surface area contributed by atoms with Crippen molar-refractivity contribution in [2.75, 3.05) is 6.54 Å². The van der Waals surface area contributed by atoms with Crippen LogP contribution < -0.4 is 10.6 Å². The Morgan fingerprint density at radius 2 is 1.94 bits per heavy atom. The number of hydrogen-bond acceptors (Lipinski definition) is 5. The summed E-state index contributed by atoms with van der Waals surface area (Å²) in [5.74, 6) is -0.278. The molecule has 2 N–H and O–H groups in total. The predicted molar refractivity (Wildman–Crippen MR) is 122 cm³/mol. The van der Waals surface area contributed by atoms with Crippen molar-refractivity contribution in [1.29, 1.82) is 0 Å². The Morgan fingerprint density at radius 3 is 2.55 bits per heavy atom. The Hall–Kier alpha value is -2.84. The maximum absolute atomic E-state index is 13.0. The fraction of sp³-hybridized carbons (Fsp3) is 0.318. The van der Waals surface area contributed by atoms with E-state index in [4.69, 9.17) is 16.3 Å². The van der Waals surface area contributed by atoms with Crippen LogP contribution in [-0.4, -0.2) is 33.9 Å². The van der Waals surface area contributed by atoms with Crippen molar-refractivity contribution in [2.45, 2.75) is 32.4 Å². The van der Waals surface area contributed by atoms with Crippen LogP contribution in [0.15, 0.2) is 48.7 Å². The Morgan fingerprint density at radius 1 is 1.23 bits per heavy atom. The van der Waals surface area contributed by atoms with Crippen molar-refractivity contribution in [3.8, 4) is 11.3 Å². The Balaban J connectivity index is 1.76. The first-order valence-electron chi connectivity index (χ1n) is 9.74. The lowest BCUT2D eigenvalue weighted by molar-refractivity contribution is 0.0520. The zero-order valence-electron chi connectivity index (χ0n) is 17.8. The molecule has 0 radical (unpaired) electrons. The van der Waals surface area contributed by atoms with Gasteiger partial charge in [-0.3, -0.25) is 9.48 Å². The average Bonchev–Trinajstić information content (AvgIpc) is 3.29. The third-order valence-electron chi connectivity index (χ3n) is 4.36. The first-order chi connectivity index (χ1) is 14.6. The van der Waals surface area contributed by atoms with E-state index in [9.17, 15) is 9.59 Å². The minimum Gasteiger partial charge on any atom is -0.444 e. The predicted octanol–water partition coefficient (Wildman–Crippen LogP) is 4.80. The Kier molecular flexibility index (Phi) is 7.02. The van der Waals surface area contributed by atoms with Crippen LogP contribution in [0.25, 0.3) is 11.3 Å². The molecule has 31 heavy (non-hydrogen) atoms. The average molecular weight is 461 g/mol. The highest BCUT2D eigenvalue weighted by Crippen LogP contribution is 2.35. The standard InChI is InChI=1S/C22H25ClN4O3S/c1-22(2,3)30-21(29)24-13-16(14-8-6-5-7-9-14)26-20(28)18-12-15(19(23)31-18)17-10-11-25-27(17)4/h5-12,16H,13H2,1-4H3,(H,24,29)(H,26,28). The van der Waals surface area contributed by atoms with E-state index in [1.165, 1.54) is 11.3 Å². The summed E-state index contributed by atoms with van der Waals surface area (Å²) in [6, 6.07) is 12.6. The number of benzene rings is 1. The molecular weight excluding hydrogens is 436 g/mol. The van der Waals surface area contributed by atoms with Crippen molar-refractivity contribution < 1.29 is 14.3 Å². The van der Waals surface area contributed by atoms with Crippen LogP contribution in [0, 0.1) is 0 Å². The molecule has 3 rings (SSSR count). The molecule has 0 bridgehead atoms. The lowest BCUT2D eigenvalue weighted by Crippen LogP contribution is -2.40. The van der Waals surface area contributed by atoms with Gasteiger partial charge in [0.1, 0.15) is 9.94 Å². The number of rotatable bonds is 6. The molecule has 0 aliphatic rings. The van der Waals surface area contributed by atoms with E-state index in [1.807, 2.05) is 43.4 Å². The second-order valence-electron chi connectivity index (χ2n) is 7.96. The van der Waals surface area contributed by atoms with E-state index in [-0.39, 0.29) is 12.5 Å². The smallest absolute Gasteiger partial charge is 0.407 e. The first-order valence-corrected chi connectivity index (χ1v) is 10.9. The summed E-state index contributed by atoms with van der Waals surface area (Å²) in [5, 5.41) is 9.87. The second kappa shape index (κ2) is 9.53. The minimum atomic E-state index is -0.606. The summed E-state index contributed by atoms with van der Waals surface area (Å²) >= 11 is 7.59. The van der Waals surface area contributed by atoms with Crippen molar-refractivity contribution in [2.24, 2.45) is 7.05 Å². The van der Waals surface area contributed by atoms with Gasteiger partial charge in [-0.2, -0.15) is 5.10 Å². The fourth-order valence-corrected chi connectivity index (χ4v) is 4.16. The van der Waals surface area contributed by atoms with Gasteiger partial charge in [0.25, 0.3) is 5.91 Å². The number of alkyl carbamates (subject to hydrolysis) is 1. The number of carbonyl (C=O) groups excluding carboxylic acids is 2. The largest absolute Gasteiger partial charge is 0.444 e. The van der Waals surface area contributed by atoms with Crippen LogP contribution in [0.4, 0.5) is 4.79 Å². The fourth-order valence-electron chi connectivity index (χ4n) is 2.96. The number of nitrogens with one attached hydrogen (secondary N) is 2. The van der Waals surface area contributed by atoms with E-state index in [2.05, 4.69) is 15.7 Å². The molecule has 1 unspecified atom stereocenters. The zero-order valence-corrected chi connectivity index (χ0v) is 19.4. The number of thiophene rings is 1. The molecule has 0 saturated heterocycles. The topological polar surface area (TPSA) is 85.3 Å².